The van der Waals surface area contributed by atoms with Gasteiger partial charge in [0.05, 0.1) is 11.3 Å². The Balaban J connectivity index is 1.60. The van der Waals surface area contributed by atoms with E-state index < -0.39 is 0 Å². The molecule has 0 unspecified atom stereocenters. The van der Waals surface area contributed by atoms with Gasteiger partial charge in [-0.15, -0.1) is 5.10 Å². The van der Waals surface area contributed by atoms with E-state index in [1.54, 1.807) is 12.4 Å². The van der Waals surface area contributed by atoms with Crippen molar-refractivity contribution < 1.29 is 9.90 Å². The first kappa shape index (κ1) is 17.5. The Kier molecular flexibility index (Phi) is 5.75. The SMILES string of the molecule is Cc1ccncc1C(=O)N[C@@H]1CCC[C@@H]1Cn1cc(CCCO)nn1. The van der Waals surface area contributed by atoms with Gasteiger partial charge in [-0.25, -0.2) is 0 Å². The molecule has 3 rings (SSSR count). The lowest BCUT2D eigenvalue weighted by atomic mass is 10.0. The lowest BCUT2D eigenvalue weighted by Gasteiger charge is -2.21. The predicted octanol–water partition coefficient (Wildman–Crippen LogP) is 1.51. The van der Waals surface area contributed by atoms with Gasteiger partial charge >= 0.3 is 0 Å². The summed E-state index contributed by atoms with van der Waals surface area (Å²) < 4.78 is 1.86. The maximum absolute atomic E-state index is 12.5. The third-order valence-corrected chi connectivity index (χ3v) is 4.86. The molecule has 2 N–H and O–H groups in total. The molecular weight excluding hydrogens is 318 g/mol. The van der Waals surface area contributed by atoms with Gasteiger partial charge in [0.25, 0.3) is 5.91 Å². The van der Waals surface area contributed by atoms with Gasteiger partial charge in [0.2, 0.25) is 0 Å². The van der Waals surface area contributed by atoms with E-state index in [0.29, 0.717) is 17.9 Å². The average molecular weight is 343 g/mol. The maximum atomic E-state index is 12.5. The number of carbonyl (C=O) groups is 1. The number of nitrogens with zero attached hydrogens (tertiary/aromatic N) is 4. The standard InChI is InChI=1S/C18H25N5O2/c1-13-7-8-19-10-16(13)18(25)20-17-6-2-4-14(17)11-23-12-15(21-22-23)5-3-9-24/h7-8,10,12,14,17,24H,2-6,9,11H2,1H3,(H,20,25)/t14-,17-/m1/s1. The Morgan fingerprint density at radius 1 is 1.44 bits per heavy atom. The fourth-order valence-corrected chi connectivity index (χ4v) is 3.44. The Morgan fingerprint density at radius 2 is 2.32 bits per heavy atom. The number of pyridine rings is 1. The molecule has 1 aliphatic carbocycles. The summed E-state index contributed by atoms with van der Waals surface area (Å²) in [4.78, 5) is 16.6. The molecule has 1 aliphatic rings. The largest absolute Gasteiger partial charge is 0.396 e. The van der Waals surface area contributed by atoms with Gasteiger partial charge in [-0.2, -0.15) is 0 Å². The summed E-state index contributed by atoms with van der Waals surface area (Å²) in [7, 11) is 0. The van der Waals surface area contributed by atoms with Crippen molar-refractivity contribution in [3.05, 3.63) is 41.5 Å². The fraction of sp³-hybridized carbons (Fsp3) is 0.556. The van der Waals surface area contributed by atoms with Crippen molar-refractivity contribution in [3.63, 3.8) is 0 Å². The molecule has 1 amide bonds. The Morgan fingerprint density at radius 3 is 3.12 bits per heavy atom. The van der Waals surface area contributed by atoms with Crippen molar-refractivity contribution in [1.82, 2.24) is 25.3 Å². The molecular formula is C18H25N5O2. The Hall–Kier alpha value is -2.28. The van der Waals surface area contributed by atoms with Gasteiger partial charge < -0.3 is 10.4 Å². The number of aliphatic hydroxyl groups is 1. The lowest BCUT2D eigenvalue weighted by Crippen LogP contribution is -2.39. The lowest BCUT2D eigenvalue weighted by molar-refractivity contribution is 0.0924. The first-order valence-electron chi connectivity index (χ1n) is 8.88. The maximum Gasteiger partial charge on any atom is 0.253 e. The topological polar surface area (TPSA) is 92.9 Å². The van der Waals surface area contributed by atoms with E-state index in [1.807, 2.05) is 23.9 Å². The third kappa shape index (κ3) is 4.42. The number of rotatable bonds is 7. The molecule has 0 radical (unpaired) electrons. The summed E-state index contributed by atoms with van der Waals surface area (Å²) >= 11 is 0. The van der Waals surface area contributed by atoms with Crippen LogP contribution in [0.4, 0.5) is 0 Å². The highest BCUT2D eigenvalue weighted by Gasteiger charge is 2.29. The van der Waals surface area contributed by atoms with Crippen molar-refractivity contribution in [2.75, 3.05) is 6.61 Å². The molecule has 0 saturated heterocycles. The average Bonchev–Trinajstić information content (AvgIpc) is 3.23. The fourth-order valence-electron chi connectivity index (χ4n) is 3.44. The molecule has 7 heteroatoms. The monoisotopic (exact) mass is 343 g/mol. The molecule has 1 fully saturated rings. The molecule has 2 heterocycles. The van der Waals surface area contributed by atoms with Crippen molar-refractivity contribution in [2.45, 2.75) is 51.6 Å². The third-order valence-electron chi connectivity index (χ3n) is 4.86. The second-order valence-electron chi connectivity index (χ2n) is 6.72. The molecule has 2 aromatic rings. The second kappa shape index (κ2) is 8.20. The molecule has 134 valence electrons. The van der Waals surface area contributed by atoms with Gasteiger partial charge in [0.15, 0.2) is 0 Å². The number of aliphatic hydroxyl groups excluding tert-OH is 1. The molecule has 1 saturated carbocycles. The zero-order valence-corrected chi connectivity index (χ0v) is 14.6. The Bertz CT molecular complexity index is 715. The van der Waals surface area contributed by atoms with E-state index in [2.05, 4.69) is 20.6 Å². The number of hydrogen-bond acceptors (Lipinski definition) is 5. The number of carbonyl (C=O) groups excluding carboxylic acids is 1. The van der Waals surface area contributed by atoms with Crippen LogP contribution in [0.2, 0.25) is 0 Å². The number of hydrogen-bond donors (Lipinski definition) is 2. The van der Waals surface area contributed by atoms with Gasteiger partial charge in [-0.3, -0.25) is 14.5 Å². The van der Waals surface area contributed by atoms with Gasteiger partial charge in [-0.05, 0) is 50.2 Å². The van der Waals surface area contributed by atoms with Crippen LogP contribution in [-0.4, -0.2) is 43.6 Å². The van der Waals surface area contributed by atoms with Gasteiger partial charge in [0.1, 0.15) is 0 Å². The van der Waals surface area contributed by atoms with Crippen LogP contribution in [0, 0.1) is 12.8 Å². The summed E-state index contributed by atoms with van der Waals surface area (Å²) in [6.45, 7) is 2.84. The minimum absolute atomic E-state index is 0.0512. The predicted molar refractivity (Wildman–Crippen MR) is 93.0 cm³/mol. The van der Waals surface area contributed by atoms with E-state index in [4.69, 9.17) is 5.11 Å². The smallest absolute Gasteiger partial charge is 0.253 e. The van der Waals surface area contributed by atoms with E-state index in [-0.39, 0.29) is 18.6 Å². The van der Waals surface area contributed by atoms with E-state index in [9.17, 15) is 4.79 Å². The normalized spacial score (nSPS) is 19.9. The minimum Gasteiger partial charge on any atom is -0.396 e. The van der Waals surface area contributed by atoms with Crippen LogP contribution in [0.1, 0.15) is 47.3 Å². The molecule has 2 aromatic heterocycles. The zero-order valence-electron chi connectivity index (χ0n) is 14.6. The van der Waals surface area contributed by atoms with Crippen LogP contribution in [0.25, 0.3) is 0 Å². The van der Waals surface area contributed by atoms with Crippen molar-refractivity contribution in [2.24, 2.45) is 5.92 Å². The van der Waals surface area contributed by atoms with Crippen LogP contribution < -0.4 is 5.32 Å². The highest BCUT2D eigenvalue weighted by Crippen LogP contribution is 2.27. The highest BCUT2D eigenvalue weighted by molar-refractivity contribution is 5.95. The molecule has 0 aromatic carbocycles. The minimum atomic E-state index is -0.0512. The summed E-state index contributed by atoms with van der Waals surface area (Å²) in [5.74, 6) is 0.304. The van der Waals surface area contributed by atoms with Gasteiger partial charge in [0, 0.05) is 37.8 Å². The van der Waals surface area contributed by atoms with Crippen LogP contribution in [-0.2, 0) is 13.0 Å². The second-order valence-corrected chi connectivity index (χ2v) is 6.72. The van der Waals surface area contributed by atoms with E-state index >= 15 is 0 Å². The first-order chi connectivity index (χ1) is 12.2. The quantitative estimate of drug-likeness (QED) is 0.795. The summed E-state index contributed by atoms with van der Waals surface area (Å²) in [5.41, 5.74) is 2.48. The van der Waals surface area contributed by atoms with Crippen molar-refractivity contribution >= 4 is 5.91 Å². The molecule has 0 bridgehead atoms. The molecule has 7 nitrogen and oxygen atoms in total. The summed E-state index contributed by atoms with van der Waals surface area (Å²) in [6.07, 6.45) is 9.87. The van der Waals surface area contributed by atoms with Crippen molar-refractivity contribution in [1.29, 1.82) is 0 Å². The van der Waals surface area contributed by atoms with Gasteiger partial charge in [-0.1, -0.05) is 11.6 Å². The molecule has 2 atom stereocenters. The van der Waals surface area contributed by atoms with Crippen LogP contribution in [0.15, 0.2) is 24.7 Å². The number of aromatic nitrogens is 4. The van der Waals surface area contributed by atoms with Crippen molar-refractivity contribution in [3.8, 4) is 0 Å². The molecule has 0 aliphatic heterocycles. The first-order valence-corrected chi connectivity index (χ1v) is 8.88. The number of nitrogens with one attached hydrogen (secondary N) is 1. The Labute approximate surface area is 147 Å². The molecule has 0 spiro atoms. The van der Waals surface area contributed by atoms with Crippen LogP contribution >= 0.6 is 0 Å². The highest BCUT2D eigenvalue weighted by atomic mass is 16.2. The van der Waals surface area contributed by atoms with Crippen LogP contribution in [0.5, 0.6) is 0 Å². The number of amides is 1. The number of aryl methyl sites for hydroxylation is 2. The van der Waals surface area contributed by atoms with E-state index in [0.717, 1.165) is 43.5 Å². The molecule has 25 heavy (non-hydrogen) atoms. The summed E-state index contributed by atoms with van der Waals surface area (Å²) in [6, 6.07) is 2.00. The van der Waals surface area contributed by atoms with E-state index in [1.165, 1.54) is 0 Å². The zero-order chi connectivity index (χ0) is 17.6. The summed E-state index contributed by atoms with van der Waals surface area (Å²) in [5, 5.41) is 20.4. The van der Waals surface area contributed by atoms with Crippen LogP contribution in [0.3, 0.4) is 0 Å².